The fourth-order valence-electron chi connectivity index (χ4n) is 4.02. The summed E-state index contributed by atoms with van der Waals surface area (Å²) in [6.45, 7) is 2.09. The Labute approximate surface area is 185 Å². The Morgan fingerprint density at radius 1 is 0.562 bits per heavy atom. The number of hydrogen-bond acceptors (Lipinski definition) is 4. The second-order valence-corrected chi connectivity index (χ2v) is 7.82. The Bertz CT molecular complexity index is 1510. The monoisotopic (exact) mass is 413 g/mol. The van der Waals surface area contributed by atoms with Crippen molar-refractivity contribution in [3.8, 4) is 34.2 Å². The minimum atomic E-state index is 0.596. The average Bonchev–Trinajstić information content (AvgIpc) is 3.23. The van der Waals surface area contributed by atoms with Crippen molar-refractivity contribution in [3.05, 3.63) is 103 Å². The maximum atomic E-state index is 6.28. The zero-order valence-corrected chi connectivity index (χ0v) is 17.5. The maximum absolute atomic E-state index is 6.28. The summed E-state index contributed by atoms with van der Waals surface area (Å²) in [6, 6.07) is 32.3. The van der Waals surface area contributed by atoms with Crippen LogP contribution >= 0.6 is 0 Å². The molecule has 0 amide bonds. The molecule has 0 aliphatic heterocycles. The predicted molar refractivity (Wildman–Crippen MR) is 128 cm³/mol. The van der Waals surface area contributed by atoms with E-state index in [2.05, 4.69) is 25.1 Å². The highest BCUT2D eigenvalue weighted by Crippen LogP contribution is 2.36. The summed E-state index contributed by atoms with van der Waals surface area (Å²) >= 11 is 0. The molecular formula is C28H19N3O. The molecule has 0 saturated carbocycles. The molecule has 32 heavy (non-hydrogen) atoms. The Morgan fingerprint density at radius 3 is 1.84 bits per heavy atom. The Kier molecular flexibility index (Phi) is 4.29. The van der Waals surface area contributed by atoms with Gasteiger partial charge in [0, 0.05) is 21.9 Å². The molecule has 2 aromatic heterocycles. The molecule has 6 aromatic rings. The summed E-state index contributed by atoms with van der Waals surface area (Å²) in [5.41, 5.74) is 5.59. The van der Waals surface area contributed by atoms with E-state index in [0.29, 0.717) is 17.5 Å². The number of aromatic nitrogens is 3. The van der Waals surface area contributed by atoms with Gasteiger partial charge in [0.1, 0.15) is 11.2 Å². The molecule has 0 aliphatic rings. The smallest absolute Gasteiger partial charge is 0.167 e. The van der Waals surface area contributed by atoms with Crippen LogP contribution in [-0.4, -0.2) is 15.0 Å². The first-order valence-electron chi connectivity index (χ1n) is 10.6. The maximum Gasteiger partial charge on any atom is 0.167 e. The van der Waals surface area contributed by atoms with Crippen LogP contribution in [-0.2, 0) is 0 Å². The van der Waals surface area contributed by atoms with Crippen molar-refractivity contribution in [3.63, 3.8) is 0 Å². The molecule has 2 heterocycles. The van der Waals surface area contributed by atoms with E-state index in [-0.39, 0.29) is 0 Å². The average molecular weight is 413 g/mol. The van der Waals surface area contributed by atoms with E-state index >= 15 is 0 Å². The lowest BCUT2D eigenvalue weighted by molar-refractivity contribution is 0.669. The van der Waals surface area contributed by atoms with E-state index in [1.54, 1.807) is 0 Å². The van der Waals surface area contributed by atoms with Gasteiger partial charge in [0.05, 0.1) is 5.56 Å². The van der Waals surface area contributed by atoms with Crippen LogP contribution in [0.15, 0.2) is 101 Å². The third-order valence-corrected chi connectivity index (χ3v) is 5.59. The molecule has 0 N–H and O–H groups in total. The molecule has 0 bridgehead atoms. The normalized spacial score (nSPS) is 11.3. The Morgan fingerprint density at radius 2 is 1.19 bits per heavy atom. The zero-order chi connectivity index (χ0) is 21.5. The van der Waals surface area contributed by atoms with E-state index < -0.39 is 0 Å². The number of hydrogen-bond donors (Lipinski definition) is 0. The van der Waals surface area contributed by atoms with Gasteiger partial charge in [0.2, 0.25) is 0 Å². The highest BCUT2D eigenvalue weighted by atomic mass is 16.3. The van der Waals surface area contributed by atoms with Gasteiger partial charge < -0.3 is 4.42 Å². The van der Waals surface area contributed by atoms with E-state index in [1.165, 1.54) is 5.56 Å². The summed E-state index contributed by atoms with van der Waals surface area (Å²) in [7, 11) is 0. The zero-order valence-electron chi connectivity index (χ0n) is 17.5. The lowest BCUT2D eigenvalue weighted by Gasteiger charge is -2.08. The number of rotatable bonds is 3. The molecule has 4 aromatic carbocycles. The second-order valence-electron chi connectivity index (χ2n) is 7.82. The molecule has 0 fully saturated rings. The molecule has 0 saturated heterocycles. The van der Waals surface area contributed by atoms with Crippen molar-refractivity contribution in [2.75, 3.05) is 0 Å². The third kappa shape index (κ3) is 3.13. The first kappa shape index (κ1) is 18.5. The standard InChI is InChI=1S/C28H19N3O/c1-18-15-16-24-23(17-18)21-13-8-14-22(25(21)32-24)28-30-26(19-9-4-2-5-10-19)29-27(31-28)20-11-6-3-7-12-20/h2-17H,1H3. The lowest BCUT2D eigenvalue weighted by Crippen LogP contribution is -2.00. The SMILES string of the molecule is Cc1ccc2oc3c(-c4nc(-c5ccccc5)nc(-c5ccccc5)n4)cccc3c2c1. The number of fused-ring (bicyclic) bond motifs is 3. The quantitative estimate of drug-likeness (QED) is 0.311. The molecule has 152 valence electrons. The van der Waals surface area contributed by atoms with E-state index in [1.807, 2.05) is 78.9 Å². The fraction of sp³-hybridized carbons (Fsp3) is 0.0357. The van der Waals surface area contributed by atoms with Gasteiger partial charge in [-0.3, -0.25) is 0 Å². The number of para-hydroxylation sites is 1. The van der Waals surface area contributed by atoms with Gasteiger partial charge in [-0.25, -0.2) is 15.0 Å². The predicted octanol–water partition coefficient (Wildman–Crippen LogP) is 7.08. The van der Waals surface area contributed by atoms with Gasteiger partial charge in [0.15, 0.2) is 17.5 Å². The van der Waals surface area contributed by atoms with E-state index in [0.717, 1.165) is 38.6 Å². The molecule has 0 atom stereocenters. The summed E-state index contributed by atoms with van der Waals surface area (Å²) in [4.78, 5) is 14.5. The number of nitrogens with zero attached hydrogens (tertiary/aromatic N) is 3. The summed E-state index contributed by atoms with van der Waals surface area (Å²) < 4.78 is 6.28. The van der Waals surface area contributed by atoms with Crippen molar-refractivity contribution in [2.45, 2.75) is 6.92 Å². The van der Waals surface area contributed by atoms with Crippen LogP contribution in [0, 0.1) is 6.92 Å². The van der Waals surface area contributed by atoms with Crippen LogP contribution < -0.4 is 0 Å². The lowest BCUT2D eigenvalue weighted by atomic mass is 10.1. The molecule has 6 rings (SSSR count). The minimum absolute atomic E-state index is 0.596. The van der Waals surface area contributed by atoms with E-state index in [9.17, 15) is 0 Å². The van der Waals surface area contributed by atoms with Gasteiger partial charge >= 0.3 is 0 Å². The molecule has 0 aliphatic carbocycles. The minimum Gasteiger partial charge on any atom is -0.455 e. The van der Waals surface area contributed by atoms with Crippen LogP contribution in [0.5, 0.6) is 0 Å². The molecule has 0 spiro atoms. The summed E-state index contributed by atoms with van der Waals surface area (Å²) in [5.74, 6) is 1.87. The van der Waals surface area contributed by atoms with E-state index in [4.69, 9.17) is 19.4 Å². The topological polar surface area (TPSA) is 51.8 Å². The van der Waals surface area contributed by atoms with Crippen LogP contribution in [0.2, 0.25) is 0 Å². The molecule has 0 radical (unpaired) electrons. The van der Waals surface area contributed by atoms with Crippen molar-refractivity contribution in [1.29, 1.82) is 0 Å². The summed E-state index contributed by atoms with van der Waals surface area (Å²) in [5, 5.41) is 2.16. The van der Waals surface area contributed by atoms with Gasteiger partial charge in [-0.15, -0.1) is 0 Å². The largest absolute Gasteiger partial charge is 0.455 e. The molecule has 4 heteroatoms. The first-order chi connectivity index (χ1) is 15.8. The van der Waals surface area contributed by atoms with Crippen LogP contribution in [0.1, 0.15) is 5.56 Å². The second kappa shape index (κ2) is 7.43. The van der Waals surface area contributed by atoms with Crippen molar-refractivity contribution in [2.24, 2.45) is 0 Å². The van der Waals surface area contributed by atoms with Crippen molar-refractivity contribution < 1.29 is 4.42 Å². The van der Waals surface area contributed by atoms with Gasteiger partial charge in [-0.05, 0) is 25.1 Å². The van der Waals surface area contributed by atoms with Crippen molar-refractivity contribution in [1.82, 2.24) is 15.0 Å². The molecule has 0 unspecified atom stereocenters. The first-order valence-corrected chi connectivity index (χ1v) is 10.6. The van der Waals surface area contributed by atoms with Crippen LogP contribution in [0.4, 0.5) is 0 Å². The van der Waals surface area contributed by atoms with Gasteiger partial charge in [0.25, 0.3) is 0 Å². The Balaban J connectivity index is 1.63. The molecular weight excluding hydrogens is 394 g/mol. The van der Waals surface area contributed by atoms with Gasteiger partial charge in [-0.1, -0.05) is 84.4 Å². The fourth-order valence-corrected chi connectivity index (χ4v) is 4.02. The third-order valence-electron chi connectivity index (χ3n) is 5.59. The van der Waals surface area contributed by atoms with Gasteiger partial charge in [-0.2, -0.15) is 0 Å². The number of aryl methyl sites for hydroxylation is 1. The van der Waals surface area contributed by atoms with Crippen molar-refractivity contribution >= 4 is 21.9 Å². The number of furan rings is 1. The number of benzene rings is 4. The van der Waals surface area contributed by atoms with Crippen LogP contribution in [0.3, 0.4) is 0 Å². The Hall–Kier alpha value is -4.31. The molecule has 4 nitrogen and oxygen atoms in total. The highest BCUT2D eigenvalue weighted by Gasteiger charge is 2.17. The highest BCUT2D eigenvalue weighted by molar-refractivity contribution is 6.09. The van der Waals surface area contributed by atoms with Crippen LogP contribution in [0.25, 0.3) is 56.1 Å². The summed E-state index contributed by atoms with van der Waals surface area (Å²) in [6.07, 6.45) is 0.